The van der Waals surface area contributed by atoms with Gasteiger partial charge >= 0.3 is 7.60 Å². The van der Waals surface area contributed by atoms with E-state index in [0.29, 0.717) is 43.2 Å². The number of anilines is 3. The van der Waals surface area contributed by atoms with Crippen LogP contribution in [0.15, 0.2) is 0 Å². The Kier molecular flexibility index (Phi) is 15.6. The molecule has 5 N–H and O–H groups in total. The number of nitrogen functional groups attached to an aromatic ring is 1. The Bertz CT molecular complexity index is 1010. The van der Waals surface area contributed by atoms with Gasteiger partial charge in [-0.1, -0.05) is 19.3 Å². The standard InChI is InChI=1S/C32H62N9O3P/c1-4-43-45(42,44-5-2)22-10-19-40-20-21-41(25-26(40)3)32-38-30(33)37-31(39-32)36-24-28-15-13-27(14-16-28)23-34-17-9-18-35-29-11-7-6-8-12-29/h26-29,34-35H,4-25H2,1-3H3,(H3,33,36,37,38,39). The first-order valence-electron chi connectivity index (χ1n) is 17.9. The fraction of sp³-hybridized carbons (Fsp3) is 0.906. The molecule has 0 bridgehead atoms. The van der Waals surface area contributed by atoms with E-state index < -0.39 is 7.60 Å². The normalized spacial score (nSPS) is 23.8. The topological polar surface area (TPSA) is 143 Å². The van der Waals surface area contributed by atoms with Gasteiger partial charge in [0, 0.05) is 38.3 Å². The Morgan fingerprint density at radius 3 is 2.29 bits per heavy atom. The lowest BCUT2D eigenvalue weighted by atomic mass is 9.82. The molecule has 1 saturated heterocycles. The lowest BCUT2D eigenvalue weighted by molar-refractivity contribution is 0.184. The number of nitrogens with zero attached hydrogens (tertiary/aromatic N) is 5. The van der Waals surface area contributed by atoms with E-state index in [0.717, 1.165) is 70.7 Å². The van der Waals surface area contributed by atoms with E-state index in [2.05, 4.69) is 42.6 Å². The molecule has 12 nitrogen and oxygen atoms in total. The van der Waals surface area contributed by atoms with Crippen molar-refractivity contribution in [3.8, 4) is 0 Å². The molecule has 2 saturated carbocycles. The molecule has 3 aliphatic rings. The van der Waals surface area contributed by atoms with Gasteiger partial charge in [-0.2, -0.15) is 15.0 Å². The van der Waals surface area contributed by atoms with Gasteiger partial charge < -0.3 is 35.6 Å². The van der Waals surface area contributed by atoms with E-state index >= 15 is 0 Å². The molecule has 4 rings (SSSR count). The van der Waals surface area contributed by atoms with Gasteiger partial charge in [0.1, 0.15) is 0 Å². The predicted molar refractivity (Wildman–Crippen MR) is 184 cm³/mol. The summed E-state index contributed by atoms with van der Waals surface area (Å²) < 4.78 is 23.7. The van der Waals surface area contributed by atoms with E-state index in [4.69, 9.17) is 19.8 Å². The van der Waals surface area contributed by atoms with Crippen molar-refractivity contribution in [2.45, 2.75) is 103 Å². The van der Waals surface area contributed by atoms with Gasteiger partial charge in [0.25, 0.3) is 0 Å². The number of hydrogen-bond donors (Lipinski definition) is 4. The second-order valence-electron chi connectivity index (χ2n) is 13.3. The molecular weight excluding hydrogens is 589 g/mol. The lowest BCUT2D eigenvalue weighted by Crippen LogP contribution is -2.52. The molecule has 0 radical (unpaired) electrons. The van der Waals surface area contributed by atoms with Crippen LogP contribution in [0.1, 0.15) is 91.4 Å². The van der Waals surface area contributed by atoms with Gasteiger partial charge in [0.15, 0.2) is 0 Å². The van der Waals surface area contributed by atoms with Crippen LogP contribution in [0.4, 0.5) is 17.8 Å². The molecule has 13 heteroatoms. The van der Waals surface area contributed by atoms with Crippen LogP contribution in [0.5, 0.6) is 0 Å². The first-order valence-corrected chi connectivity index (χ1v) is 19.7. The molecule has 1 aromatic heterocycles. The Labute approximate surface area is 272 Å². The third-order valence-electron chi connectivity index (χ3n) is 9.73. The first-order chi connectivity index (χ1) is 21.9. The van der Waals surface area contributed by atoms with Gasteiger partial charge in [-0.25, -0.2) is 0 Å². The maximum Gasteiger partial charge on any atom is 0.330 e. The molecule has 1 aromatic rings. The summed E-state index contributed by atoms with van der Waals surface area (Å²) in [5.41, 5.74) is 6.12. The van der Waals surface area contributed by atoms with Gasteiger partial charge in [-0.05, 0) is 110 Å². The second-order valence-corrected chi connectivity index (χ2v) is 15.5. The molecule has 0 aromatic carbocycles. The van der Waals surface area contributed by atoms with Crippen molar-refractivity contribution in [2.75, 3.05) is 87.7 Å². The maximum absolute atomic E-state index is 12.8. The zero-order valence-electron chi connectivity index (χ0n) is 28.4. The molecule has 0 spiro atoms. The van der Waals surface area contributed by atoms with E-state index in [1.807, 2.05) is 13.8 Å². The molecular formula is C32H62N9O3P. The maximum atomic E-state index is 12.8. The number of nitrogens with two attached hydrogens (primary N) is 1. The van der Waals surface area contributed by atoms with Gasteiger partial charge in [0.05, 0.1) is 19.4 Å². The average Bonchev–Trinajstić information content (AvgIpc) is 3.03. The van der Waals surface area contributed by atoms with Crippen molar-refractivity contribution in [3.63, 3.8) is 0 Å². The summed E-state index contributed by atoms with van der Waals surface area (Å²) >= 11 is 0. The van der Waals surface area contributed by atoms with E-state index in [-0.39, 0.29) is 5.95 Å². The van der Waals surface area contributed by atoms with Crippen LogP contribution in [0.25, 0.3) is 0 Å². The summed E-state index contributed by atoms with van der Waals surface area (Å²) in [6, 6.07) is 1.06. The van der Waals surface area contributed by atoms with Crippen LogP contribution in [0, 0.1) is 11.8 Å². The molecule has 1 atom stereocenters. The molecule has 2 aliphatic carbocycles. The molecule has 258 valence electrons. The molecule has 0 amide bonds. The Morgan fingerprint density at radius 1 is 0.889 bits per heavy atom. The fourth-order valence-electron chi connectivity index (χ4n) is 7.15. The average molecular weight is 652 g/mol. The Morgan fingerprint density at radius 2 is 1.60 bits per heavy atom. The van der Waals surface area contributed by atoms with Gasteiger partial charge in [0.2, 0.25) is 17.8 Å². The fourth-order valence-corrected chi connectivity index (χ4v) is 8.79. The summed E-state index contributed by atoms with van der Waals surface area (Å²) in [4.78, 5) is 18.2. The van der Waals surface area contributed by atoms with Crippen LogP contribution in [0.3, 0.4) is 0 Å². The highest BCUT2D eigenvalue weighted by molar-refractivity contribution is 7.53. The minimum atomic E-state index is -3.00. The smallest absolute Gasteiger partial charge is 0.330 e. The highest BCUT2D eigenvalue weighted by atomic mass is 31.2. The number of piperazine rings is 1. The number of aromatic nitrogens is 3. The molecule has 2 heterocycles. The highest BCUT2D eigenvalue weighted by Crippen LogP contribution is 2.48. The SMILES string of the molecule is CCOP(=O)(CCCN1CCN(c2nc(N)nc(NCC3CCC(CNCCCNC4CCCCC4)CC3)n2)CC1C)OCC. The largest absolute Gasteiger partial charge is 0.368 e. The van der Waals surface area contributed by atoms with Gasteiger partial charge in [-0.3, -0.25) is 9.46 Å². The van der Waals surface area contributed by atoms with Crippen molar-refractivity contribution in [2.24, 2.45) is 11.8 Å². The molecule has 3 fully saturated rings. The summed E-state index contributed by atoms with van der Waals surface area (Å²) in [5, 5.41) is 10.9. The Hall–Kier alpha value is -1.56. The van der Waals surface area contributed by atoms with E-state index in [1.54, 1.807) is 0 Å². The number of rotatable bonds is 19. The van der Waals surface area contributed by atoms with Crippen molar-refractivity contribution >= 4 is 25.4 Å². The molecule has 45 heavy (non-hydrogen) atoms. The van der Waals surface area contributed by atoms with Crippen LogP contribution in [-0.2, 0) is 13.6 Å². The minimum absolute atomic E-state index is 0.254. The molecule has 1 aliphatic heterocycles. The lowest BCUT2D eigenvalue weighted by Gasteiger charge is -2.40. The number of nitrogens with one attached hydrogen (secondary N) is 3. The van der Waals surface area contributed by atoms with Crippen molar-refractivity contribution < 1.29 is 13.6 Å². The van der Waals surface area contributed by atoms with Crippen LogP contribution < -0.4 is 26.6 Å². The summed E-state index contributed by atoms with van der Waals surface area (Å²) in [7, 11) is -3.00. The van der Waals surface area contributed by atoms with Crippen molar-refractivity contribution in [1.29, 1.82) is 0 Å². The highest BCUT2D eigenvalue weighted by Gasteiger charge is 2.28. The van der Waals surface area contributed by atoms with E-state index in [1.165, 1.54) is 64.2 Å². The van der Waals surface area contributed by atoms with E-state index in [9.17, 15) is 4.57 Å². The third kappa shape index (κ3) is 12.5. The zero-order chi connectivity index (χ0) is 31.9. The van der Waals surface area contributed by atoms with Crippen LogP contribution >= 0.6 is 7.60 Å². The van der Waals surface area contributed by atoms with Crippen molar-refractivity contribution in [1.82, 2.24) is 30.5 Å². The van der Waals surface area contributed by atoms with Gasteiger partial charge in [-0.15, -0.1) is 0 Å². The quantitative estimate of drug-likeness (QED) is 0.121. The summed E-state index contributed by atoms with van der Waals surface area (Å²) in [6.45, 7) is 14.3. The summed E-state index contributed by atoms with van der Waals surface area (Å²) in [6.07, 6.45) is 14.4. The summed E-state index contributed by atoms with van der Waals surface area (Å²) in [5.74, 6) is 2.88. The van der Waals surface area contributed by atoms with Crippen LogP contribution in [0.2, 0.25) is 0 Å². The van der Waals surface area contributed by atoms with Crippen LogP contribution in [-0.4, -0.2) is 104 Å². The second kappa shape index (κ2) is 19.3. The molecule has 1 unspecified atom stereocenters. The zero-order valence-corrected chi connectivity index (χ0v) is 29.2. The number of hydrogen-bond acceptors (Lipinski definition) is 12. The predicted octanol–water partition coefficient (Wildman–Crippen LogP) is 4.74. The first kappa shape index (κ1) is 36.3. The monoisotopic (exact) mass is 651 g/mol. The minimum Gasteiger partial charge on any atom is -0.368 e. The third-order valence-corrected chi connectivity index (χ3v) is 11.9. The Balaban J connectivity index is 1.11. The van der Waals surface area contributed by atoms with Crippen molar-refractivity contribution in [3.05, 3.63) is 0 Å².